The highest BCUT2D eigenvalue weighted by Gasteiger charge is 2.07. The summed E-state index contributed by atoms with van der Waals surface area (Å²) >= 11 is 11.7. The molecule has 0 N–H and O–H groups in total. The molecule has 16 heavy (non-hydrogen) atoms. The highest BCUT2D eigenvalue weighted by molar-refractivity contribution is 7.84. The Kier molecular flexibility index (Phi) is 6.32. The minimum absolute atomic E-state index is 0.416. The Labute approximate surface area is 109 Å². The molecule has 0 aromatic carbocycles. The maximum atomic E-state index is 11.7. The Hall–Kier alpha value is -0.120. The second-order valence-corrected chi connectivity index (χ2v) is 6.00. The van der Waals surface area contributed by atoms with Gasteiger partial charge in [0.25, 0.3) is 0 Å². The predicted octanol–water partition coefficient (Wildman–Crippen LogP) is 3.83. The third-order valence-corrected chi connectivity index (χ3v) is 4.03. The van der Waals surface area contributed by atoms with Crippen LogP contribution in [0.2, 0.25) is 10.0 Å². The molecule has 90 valence electrons. The number of nitrogens with zero attached hydrogens (tertiary/aromatic N) is 1. The first-order valence-electron chi connectivity index (χ1n) is 5.28. The highest BCUT2D eigenvalue weighted by Crippen LogP contribution is 2.19. The van der Waals surface area contributed by atoms with Crippen LogP contribution in [-0.4, -0.2) is 14.9 Å². The SMILES string of the molecule is CCCCC[S@](=O)Cc1ncc(Cl)cc1Cl. The van der Waals surface area contributed by atoms with E-state index >= 15 is 0 Å². The van der Waals surface area contributed by atoms with Crippen LogP contribution in [0.4, 0.5) is 0 Å². The number of pyridine rings is 1. The van der Waals surface area contributed by atoms with Crippen molar-refractivity contribution >= 4 is 34.0 Å². The summed E-state index contributed by atoms with van der Waals surface area (Å²) < 4.78 is 11.7. The molecule has 0 fully saturated rings. The molecule has 0 radical (unpaired) electrons. The van der Waals surface area contributed by atoms with Crippen LogP contribution in [-0.2, 0) is 16.6 Å². The van der Waals surface area contributed by atoms with Crippen LogP contribution >= 0.6 is 23.2 Å². The number of halogens is 2. The Morgan fingerprint density at radius 2 is 2.12 bits per heavy atom. The monoisotopic (exact) mass is 279 g/mol. The van der Waals surface area contributed by atoms with Gasteiger partial charge in [-0.1, -0.05) is 43.0 Å². The maximum Gasteiger partial charge on any atom is 0.0715 e. The first kappa shape index (κ1) is 13.9. The molecule has 2 nitrogen and oxygen atoms in total. The Morgan fingerprint density at radius 3 is 2.75 bits per heavy atom. The van der Waals surface area contributed by atoms with Crippen molar-refractivity contribution < 1.29 is 4.21 Å². The summed E-state index contributed by atoms with van der Waals surface area (Å²) in [7, 11) is -0.879. The lowest BCUT2D eigenvalue weighted by molar-refractivity contribution is 0.675. The van der Waals surface area contributed by atoms with E-state index in [2.05, 4.69) is 11.9 Å². The summed E-state index contributed by atoms with van der Waals surface area (Å²) in [5.41, 5.74) is 0.667. The second-order valence-electron chi connectivity index (χ2n) is 3.58. The molecular formula is C11H15Cl2NOS. The lowest BCUT2D eigenvalue weighted by Crippen LogP contribution is -2.03. The van der Waals surface area contributed by atoms with Crippen LogP contribution in [0.1, 0.15) is 31.9 Å². The molecule has 0 aliphatic heterocycles. The molecule has 0 aliphatic carbocycles. The molecule has 1 heterocycles. The molecular weight excluding hydrogens is 265 g/mol. The zero-order valence-corrected chi connectivity index (χ0v) is 11.5. The molecule has 0 aliphatic rings. The van der Waals surface area contributed by atoms with Gasteiger partial charge in [0.15, 0.2) is 0 Å². The van der Waals surface area contributed by atoms with Crippen molar-refractivity contribution in [2.24, 2.45) is 0 Å². The summed E-state index contributed by atoms with van der Waals surface area (Å²) in [5.74, 6) is 1.13. The first-order chi connectivity index (χ1) is 7.63. The van der Waals surface area contributed by atoms with E-state index < -0.39 is 10.8 Å². The van der Waals surface area contributed by atoms with Gasteiger partial charge in [-0.25, -0.2) is 0 Å². The summed E-state index contributed by atoms with van der Waals surface area (Å²) in [6.07, 6.45) is 4.78. The van der Waals surface area contributed by atoms with E-state index in [1.54, 1.807) is 6.07 Å². The van der Waals surface area contributed by atoms with Gasteiger partial charge in [0.2, 0.25) is 0 Å². The molecule has 0 saturated heterocycles. The molecule has 1 aromatic rings. The number of hydrogen-bond acceptors (Lipinski definition) is 2. The van der Waals surface area contributed by atoms with Crippen molar-refractivity contribution in [3.05, 3.63) is 28.0 Å². The van der Waals surface area contributed by atoms with Crippen LogP contribution in [0, 0.1) is 0 Å². The van der Waals surface area contributed by atoms with Crippen molar-refractivity contribution in [2.75, 3.05) is 5.75 Å². The Balaban J connectivity index is 2.49. The quantitative estimate of drug-likeness (QED) is 0.741. The van der Waals surface area contributed by atoms with Gasteiger partial charge in [-0.2, -0.15) is 0 Å². The van der Waals surface area contributed by atoms with Crippen LogP contribution in [0.3, 0.4) is 0 Å². The molecule has 0 saturated carbocycles. The Morgan fingerprint density at radius 1 is 1.38 bits per heavy atom. The average Bonchev–Trinajstić information content (AvgIpc) is 2.23. The summed E-state index contributed by atoms with van der Waals surface area (Å²) in [4.78, 5) is 4.09. The fourth-order valence-corrected chi connectivity index (χ4v) is 3.02. The van der Waals surface area contributed by atoms with Crippen LogP contribution in [0.15, 0.2) is 12.3 Å². The number of rotatable bonds is 6. The van der Waals surface area contributed by atoms with Gasteiger partial charge in [0.05, 0.1) is 21.5 Å². The van der Waals surface area contributed by atoms with E-state index in [-0.39, 0.29) is 0 Å². The third kappa shape index (κ3) is 4.81. The van der Waals surface area contributed by atoms with Gasteiger partial charge >= 0.3 is 0 Å². The predicted molar refractivity (Wildman–Crippen MR) is 70.5 cm³/mol. The smallest absolute Gasteiger partial charge is 0.0715 e. The van der Waals surface area contributed by atoms with E-state index in [1.165, 1.54) is 6.20 Å². The van der Waals surface area contributed by atoms with E-state index in [9.17, 15) is 4.21 Å². The minimum atomic E-state index is -0.879. The maximum absolute atomic E-state index is 11.7. The van der Waals surface area contributed by atoms with Crippen molar-refractivity contribution in [1.29, 1.82) is 0 Å². The second kappa shape index (κ2) is 7.25. The standard InChI is InChI=1S/C11H15Cl2NOS/c1-2-3-4-5-16(15)8-11-10(13)6-9(12)7-14-11/h6-7H,2-5,8H2,1H3/t16-/m0/s1. The van der Waals surface area contributed by atoms with Crippen molar-refractivity contribution in [1.82, 2.24) is 4.98 Å². The van der Waals surface area contributed by atoms with E-state index in [4.69, 9.17) is 23.2 Å². The number of hydrogen-bond donors (Lipinski definition) is 0. The third-order valence-electron chi connectivity index (χ3n) is 2.16. The zero-order chi connectivity index (χ0) is 12.0. The van der Waals surface area contributed by atoms with E-state index in [0.717, 1.165) is 19.3 Å². The van der Waals surface area contributed by atoms with Gasteiger partial charge in [0.1, 0.15) is 0 Å². The summed E-state index contributed by atoms with van der Waals surface area (Å²) in [6, 6.07) is 1.63. The number of aromatic nitrogens is 1. The van der Waals surface area contributed by atoms with Crippen molar-refractivity contribution in [3.8, 4) is 0 Å². The van der Waals surface area contributed by atoms with Crippen molar-refractivity contribution in [2.45, 2.75) is 31.9 Å². The fraction of sp³-hybridized carbons (Fsp3) is 0.545. The van der Waals surface area contributed by atoms with Crippen LogP contribution < -0.4 is 0 Å². The Bertz CT molecular complexity index is 371. The van der Waals surface area contributed by atoms with Gasteiger partial charge in [-0.05, 0) is 12.5 Å². The van der Waals surface area contributed by atoms with Crippen molar-refractivity contribution in [3.63, 3.8) is 0 Å². The molecule has 5 heteroatoms. The lowest BCUT2D eigenvalue weighted by atomic mass is 10.3. The van der Waals surface area contributed by atoms with E-state index in [0.29, 0.717) is 27.2 Å². The molecule has 0 unspecified atom stereocenters. The average molecular weight is 280 g/mol. The largest absolute Gasteiger partial charge is 0.259 e. The molecule has 0 bridgehead atoms. The normalized spacial score (nSPS) is 12.7. The zero-order valence-electron chi connectivity index (χ0n) is 9.21. The van der Waals surface area contributed by atoms with Crippen LogP contribution in [0.25, 0.3) is 0 Å². The minimum Gasteiger partial charge on any atom is -0.259 e. The van der Waals surface area contributed by atoms with Gasteiger partial charge in [-0.15, -0.1) is 0 Å². The summed E-state index contributed by atoms with van der Waals surface area (Å²) in [5, 5.41) is 1.00. The molecule has 1 aromatic heterocycles. The molecule has 0 amide bonds. The van der Waals surface area contributed by atoms with Gasteiger partial charge < -0.3 is 0 Å². The van der Waals surface area contributed by atoms with Gasteiger partial charge in [-0.3, -0.25) is 9.19 Å². The topological polar surface area (TPSA) is 30.0 Å². The van der Waals surface area contributed by atoms with Gasteiger partial charge in [0, 0.05) is 22.7 Å². The summed E-state index contributed by atoms with van der Waals surface area (Å²) in [6.45, 7) is 2.13. The van der Waals surface area contributed by atoms with Crippen LogP contribution in [0.5, 0.6) is 0 Å². The highest BCUT2D eigenvalue weighted by atomic mass is 35.5. The first-order valence-corrected chi connectivity index (χ1v) is 7.52. The lowest BCUT2D eigenvalue weighted by Gasteiger charge is -2.04. The fourth-order valence-electron chi connectivity index (χ4n) is 1.29. The molecule has 1 atom stereocenters. The molecule has 0 spiro atoms. The number of unbranched alkanes of at least 4 members (excludes halogenated alkanes) is 2. The molecule has 1 rings (SSSR count). The van der Waals surface area contributed by atoms with E-state index in [1.807, 2.05) is 0 Å².